The van der Waals surface area contributed by atoms with E-state index < -0.39 is 24.9 Å². The number of carbonyl (C=O) groups is 1. The zero-order chi connectivity index (χ0) is 25.9. The molecule has 1 aliphatic rings. The number of benzene rings is 2. The first-order chi connectivity index (χ1) is 17.1. The number of carboxylic acid groups (broad SMARTS) is 1. The van der Waals surface area contributed by atoms with Crippen LogP contribution in [0.5, 0.6) is 5.75 Å². The highest BCUT2D eigenvalue weighted by Crippen LogP contribution is 2.43. The highest BCUT2D eigenvalue weighted by Gasteiger charge is 2.34. The van der Waals surface area contributed by atoms with Crippen LogP contribution in [0.4, 0.5) is 13.2 Å². The summed E-state index contributed by atoms with van der Waals surface area (Å²) in [4.78, 5) is 34.8. The van der Waals surface area contributed by atoms with Crippen molar-refractivity contribution in [3.8, 4) is 5.75 Å². The second-order valence-corrected chi connectivity index (χ2v) is 9.58. The number of hydrogen-bond acceptors (Lipinski definition) is 7. The minimum atomic E-state index is -4.62. The van der Waals surface area contributed by atoms with Crippen LogP contribution in [0.3, 0.4) is 0 Å². The van der Waals surface area contributed by atoms with Crippen LogP contribution < -0.4 is 9.61 Å². The number of halogens is 3. The van der Waals surface area contributed by atoms with Crippen molar-refractivity contribution < 1.29 is 32.5 Å². The smallest absolute Gasteiger partial charge is 0.411 e. The Morgan fingerprint density at radius 2 is 1.92 bits per heavy atom. The van der Waals surface area contributed by atoms with Gasteiger partial charge in [0.25, 0.3) is 0 Å². The third kappa shape index (κ3) is 6.49. The zero-order valence-electron chi connectivity index (χ0n) is 18.9. The van der Waals surface area contributed by atoms with Crippen molar-refractivity contribution in [2.75, 3.05) is 13.2 Å². The maximum Gasteiger partial charge on any atom is 0.411 e. The van der Waals surface area contributed by atoms with Crippen LogP contribution >= 0.6 is 11.3 Å². The average Bonchev–Trinajstić information content (AvgIpc) is 3.61. The molecule has 1 heterocycles. The minimum Gasteiger partial charge on any atom is -0.492 e. The quantitative estimate of drug-likeness (QED) is 0.337. The molecule has 0 amide bonds. The summed E-state index contributed by atoms with van der Waals surface area (Å²) in [6.07, 6.45) is -4.51. The normalized spacial score (nSPS) is 15.5. The molecule has 0 spiro atoms. The fourth-order valence-corrected chi connectivity index (χ4v) is 4.88. The van der Waals surface area contributed by atoms with E-state index in [1.165, 1.54) is 0 Å². The number of fused-ring (bicyclic) bond motifs is 1. The van der Waals surface area contributed by atoms with E-state index in [0.29, 0.717) is 11.3 Å². The molecular weight excluding hydrogens is 501 g/mol. The Morgan fingerprint density at radius 3 is 2.53 bits per heavy atom. The lowest BCUT2D eigenvalue weighted by atomic mass is 10.0. The Labute approximate surface area is 207 Å². The molecule has 1 saturated carbocycles. The molecule has 36 heavy (non-hydrogen) atoms. The molecule has 0 radical (unpaired) electrons. The first kappa shape index (κ1) is 25.8. The molecule has 1 aromatic heterocycles. The Morgan fingerprint density at radius 1 is 1.19 bits per heavy atom. The first-order valence-electron chi connectivity index (χ1n) is 11.2. The molecule has 0 saturated heterocycles. The number of rotatable bonds is 12. The predicted molar refractivity (Wildman–Crippen MR) is 126 cm³/mol. The topological polar surface area (TPSA) is 107 Å². The van der Waals surface area contributed by atoms with Gasteiger partial charge in [0.15, 0.2) is 6.10 Å². The summed E-state index contributed by atoms with van der Waals surface area (Å²) < 4.78 is 49.5. The SMILES string of the molecule is O=NC(c1ccc2c(c1)sc(=O)n2CCOc1ccc(CC(OCC(F)(F)F)C(=O)O)cc1)C1CC1. The first-order valence-corrected chi connectivity index (χ1v) is 12.0. The van der Waals surface area contributed by atoms with Gasteiger partial charge in [-0.25, -0.2) is 4.79 Å². The average molecular weight is 525 g/mol. The van der Waals surface area contributed by atoms with E-state index in [4.69, 9.17) is 9.84 Å². The molecule has 12 heteroatoms. The number of alkyl halides is 3. The largest absolute Gasteiger partial charge is 0.492 e. The van der Waals surface area contributed by atoms with E-state index in [2.05, 4.69) is 9.91 Å². The van der Waals surface area contributed by atoms with Gasteiger partial charge in [-0.3, -0.25) is 9.36 Å². The van der Waals surface area contributed by atoms with Crippen LogP contribution in [0.1, 0.15) is 30.0 Å². The summed E-state index contributed by atoms with van der Waals surface area (Å²) in [6.45, 7) is -1.18. The van der Waals surface area contributed by atoms with Gasteiger partial charge in [-0.15, -0.1) is 0 Å². The van der Waals surface area contributed by atoms with Crippen LogP contribution in [0.25, 0.3) is 10.2 Å². The molecule has 8 nitrogen and oxygen atoms in total. The summed E-state index contributed by atoms with van der Waals surface area (Å²) >= 11 is 1.09. The Hall–Kier alpha value is -3.25. The second kappa shape index (κ2) is 10.8. The molecule has 3 aromatic rings. The molecule has 2 aromatic carbocycles. The monoisotopic (exact) mass is 524 g/mol. The fourth-order valence-electron chi connectivity index (χ4n) is 3.91. The van der Waals surface area contributed by atoms with Crippen molar-refractivity contribution in [2.24, 2.45) is 11.1 Å². The Balaban J connectivity index is 1.34. The summed E-state index contributed by atoms with van der Waals surface area (Å²) in [5.41, 5.74) is 2.03. The lowest BCUT2D eigenvalue weighted by molar-refractivity contribution is -0.192. The van der Waals surface area contributed by atoms with Crippen LogP contribution in [0, 0.1) is 10.8 Å². The molecule has 1 aliphatic carbocycles. The Bertz CT molecular complexity index is 1280. The van der Waals surface area contributed by atoms with Gasteiger partial charge in [0, 0.05) is 6.42 Å². The number of nitroso groups, excluding NO2 is 1. The van der Waals surface area contributed by atoms with Crippen LogP contribution in [-0.4, -0.2) is 41.1 Å². The molecule has 1 N–H and O–H groups in total. The summed E-state index contributed by atoms with van der Waals surface area (Å²) in [5.74, 6) is -0.743. The van der Waals surface area contributed by atoms with Gasteiger partial charge in [0.1, 0.15) is 25.0 Å². The Kier molecular flexibility index (Phi) is 7.74. The van der Waals surface area contributed by atoms with Crippen molar-refractivity contribution >= 4 is 27.5 Å². The second-order valence-electron chi connectivity index (χ2n) is 8.58. The van der Waals surface area contributed by atoms with Gasteiger partial charge < -0.3 is 14.6 Å². The molecule has 2 unspecified atom stereocenters. The van der Waals surface area contributed by atoms with Crippen molar-refractivity contribution in [1.29, 1.82) is 0 Å². The number of aromatic nitrogens is 1. The van der Waals surface area contributed by atoms with Crippen molar-refractivity contribution in [3.63, 3.8) is 0 Å². The maximum absolute atomic E-state index is 12.5. The van der Waals surface area contributed by atoms with E-state index in [1.54, 1.807) is 28.8 Å². The fraction of sp³-hybridized carbons (Fsp3) is 0.417. The van der Waals surface area contributed by atoms with Gasteiger partial charge in [-0.2, -0.15) is 18.1 Å². The van der Waals surface area contributed by atoms with Gasteiger partial charge in [-0.05, 0) is 54.2 Å². The molecule has 2 atom stereocenters. The van der Waals surface area contributed by atoms with E-state index in [-0.39, 0.29) is 36.4 Å². The number of nitrogens with zero attached hydrogens (tertiary/aromatic N) is 2. The van der Waals surface area contributed by atoms with Gasteiger partial charge in [0.05, 0.1) is 16.8 Å². The van der Waals surface area contributed by atoms with Crippen molar-refractivity contribution in [2.45, 2.75) is 44.1 Å². The lowest BCUT2D eigenvalue weighted by Crippen LogP contribution is -2.31. The van der Waals surface area contributed by atoms with E-state index >= 15 is 0 Å². The molecule has 192 valence electrons. The molecule has 0 bridgehead atoms. The number of thiazole rings is 1. The highest BCUT2D eigenvalue weighted by molar-refractivity contribution is 7.16. The van der Waals surface area contributed by atoms with Gasteiger partial charge >= 0.3 is 17.0 Å². The standard InChI is InChI=1S/C24H23F3N2O6S/c25-24(26,27)13-35-19(22(30)31)11-14-1-6-17(7-2-14)34-10-9-29-18-8-5-16(12-20(18)36-23(29)32)21(28-33)15-3-4-15/h1-2,5-8,12,15,19,21H,3-4,9-11,13H2,(H,30,31). The van der Waals surface area contributed by atoms with Gasteiger partial charge in [-0.1, -0.05) is 34.7 Å². The molecule has 1 fully saturated rings. The number of hydrogen-bond donors (Lipinski definition) is 1. The van der Waals surface area contributed by atoms with Crippen molar-refractivity contribution in [3.05, 3.63) is 68.2 Å². The van der Waals surface area contributed by atoms with E-state index in [1.807, 2.05) is 18.2 Å². The molecule has 0 aliphatic heterocycles. The summed E-state index contributed by atoms with van der Waals surface area (Å²) in [6, 6.07) is 11.4. The van der Waals surface area contributed by atoms with E-state index in [9.17, 15) is 27.7 Å². The van der Waals surface area contributed by atoms with E-state index in [0.717, 1.165) is 40.0 Å². The highest BCUT2D eigenvalue weighted by atomic mass is 32.1. The van der Waals surface area contributed by atoms with Crippen molar-refractivity contribution in [1.82, 2.24) is 4.57 Å². The number of ether oxygens (including phenoxy) is 2. The van der Waals surface area contributed by atoms with Crippen LogP contribution in [-0.2, 0) is 22.5 Å². The molecule has 4 rings (SSSR count). The van der Waals surface area contributed by atoms with Crippen LogP contribution in [0.15, 0.2) is 52.4 Å². The summed E-state index contributed by atoms with van der Waals surface area (Å²) in [7, 11) is 0. The zero-order valence-corrected chi connectivity index (χ0v) is 19.8. The lowest BCUT2D eigenvalue weighted by Gasteiger charge is -2.15. The van der Waals surface area contributed by atoms with Crippen LogP contribution in [0.2, 0.25) is 0 Å². The summed E-state index contributed by atoms with van der Waals surface area (Å²) in [5, 5.41) is 12.4. The third-order valence-corrected chi connectivity index (χ3v) is 6.81. The number of carboxylic acids is 1. The minimum absolute atomic E-state index is 0.151. The predicted octanol–water partition coefficient (Wildman–Crippen LogP) is 4.93. The number of aliphatic carboxylic acids is 1. The third-order valence-electron chi connectivity index (χ3n) is 5.87. The molecular formula is C24H23F3N2O6S. The maximum atomic E-state index is 12.5. The van der Waals surface area contributed by atoms with Gasteiger partial charge in [0.2, 0.25) is 0 Å².